The molecule has 142 valence electrons. The van der Waals surface area contributed by atoms with Crippen molar-refractivity contribution < 1.29 is 4.79 Å². The molecule has 0 aliphatic heterocycles. The summed E-state index contributed by atoms with van der Waals surface area (Å²) in [6.07, 6.45) is 4.18. The van der Waals surface area contributed by atoms with Gasteiger partial charge in [-0.2, -0.15) is 5.26 Å². The number of nitriles is 1. The van der Waals surface area contributed by atoms with Gasteiger partial charge in [0.05, 0.1) is 11.3 Å². The third kappa shape index (κ3) is 3.68. The Kier molecular flexibility index (Phi) is 5.46. The van der Waals surface area contributed by atoms with Crippen LogP contribution in [-0.4, -0.2) is 26.4 Å². The minimum absolute atomic E-state index is 0.139. The summed E-state index contributed by atoms with van der Waals surface area (Å²) >= 11 is 2.88. The van der Waals surface area contributed by atoms with Crippen LogP contribution >= 0.6 is 23.1 Å². The molecule has 0 spiro atoms. The molecule has 1 aliphatic carbocycles. The summed E-state index contributed by atoms with van der Waals surface area (Å²) in [5.41, 5.74) is 2.73. The van der Waals surface area contributed by atoms with Gasteiger partial charge in [0.25, 0.3) is 0 Å². The normalized spacial score (nSPS) is 13.0. The van der Waals surface area contributed by atoms with Crippen molar-refractivity contribution in [3.8, 4) is 11.8 Å². The first-order valence-electron chi connectivity index (χ1n) is 9.12. The molecule has 28 heavy (non-hydrogen) atoms. The highest BCUT2D eigenvalue weighted by Crippen LogP contribution is 2.37. The maximum absolute atomic E-state index is 12.5. The first-order chi connectivity index (χ1) is 13.7. The molecule has 1 amide bonds. The van der Waals surface area contributed by atoms with Gasteiger partial charge in [0, 0.05) is 10.6 Å². The van der Waals surface area contributed by atoms with Crippen molar-refractivity contribution in [3.05, 3.63) is 52.2 Å². The van der Waals surface area contributed by atoms with Crippen LogP contribution in [0.5, 0.6) is 0 Å². The van der Waals surface area contributed by atoms with E-state index in [1.807, 2.05) is 41.8 Å². The number of aromatic nitrogens is 3. The Bertz CT molecular complexity index is 1050. The van der Waals surface area contributed by atoms with Gasteiger partial charge in [-0.15, -0.1) is 21.5 Å². The number of thioether (sulfide) groups is 1. The lowest BCUT2D eigenvalue weighted by Gasteiger charge is -2.09. The molecule has 0 bridgehead atoms. The SMILES string of the molecule is Cc1nnc(SCC(=O)Nc2sc3c(c2C#N)CCCC3)n1-c1ccccc1. The lowest BCUT2D eigenvalue weighted by molar-refractivity contribution is -0.113. The van der Waals surface area contributed by atoms with Crippen molar-refractivity contribution in [2.24, 2.45) is 0 Å². The molecule has 6 nitrogen and oxygen atoms in total. The Hall–Kier alpha value is -2.63. The number of fused-ring (bicyclic) bond motifs is 1. The summed E-state index contributed by atoms with van der Waals surface area (Å²) in [6, 6.07) is 12.1. The Morgan fingerprint density at radius 1 is 1.29 bits per heavy atom. The number of para-hydroxylation sites is 1. The second-order valence-corrected chi connectivity index (χ2v) is 8.61. The molecule has 1 aliphatic rings. The lowest BCUT2D eigenvalue weighted by Crippen LogP contribution is -2.14. The van der Waals surface area contributed by atoms with Gasteiger partial charge in [0.15, 0.2) is 5.16 Å². The fourth-order valence-corrected chi connectivity index (χ4v) is 5.43. The topological polar surface area (TPSA) is 83.6 Å². The van der Waals surface area contributed by atoms with Crippen LogP contribution in [0.4, 0.5) is 5.00 Å². The summed E-state index contributed by atoms with van der Waals surface area (Å²) in [7, 11) is 0. The highest BCUT2D eigenvalue weighted by molar-refractivity contribution is 7.99. The molecule has 0 atom stereocenters. The molecule has 0 unspecified atom stereocenters. The van der Waals surface area contributed by atoms with E-state index in [2.05, 4.69) is 21.6 Å². The van der Waals surface area contributed by atoms with Gasteiger partial charge in [-0.05, 0) is 50.3 Å². The average molecular weight is 410 g/mol. The molecular formula is C20H19N5OS2. The molecule has 1 N–H and O–H groups in total. The van der Waals surface area contributed by atoms with E-state index in [1.54, 1.807) is 11.3 Å². The highest BCUT2D eigenvalue weighted by Gasteiger charge is 2.22. The zero-order chi connectivity index (χ0) is 19.5. The van der Waals surface area contributed by atoms with Gasteiger partial charge in [0.1, 0.15) is 16.9 Å². The average Bonchev–Trinajstić information content (AvgIpc) is 3.26. The molecule has 0 saturated carbocycles. The van der Waals surface area contributed by atoms with E-state index in [-0.39, 0.29) is 11.7 Å². The van der Waals surface area contributed by atoms with Crippen LogP contribution in [0, 0.1) is 18.3 Å². The number of hydrogen-bond donors (Lipinski definition) is 1. The molecular weight excluding hydrogens is 390 g/mol. The van der Waals surface area contributed by atoms with Crippen LogP contribution in [0.2, 0.25) is 0 Å². The Labute approximate surface area is 171 Å². The lowest BCUT2D eigenvalue weighted by atomic mass is 9.96. The number of rotatable bonds is 5. The molecule has 0 fully saturated rings. The van der Waals surface area contributed by atoms with Crippen LogP contribution in [0.25, 0.3) is 5.69 Å². The number of carbonyl (C=O) groups excluding carboxylic acids is 1. The monoisotopic (exact) mass is 409 g/mol. The zero-order valence-electron chi connectivity index (χ0n) is 15.4. The van der Waals surface area contributed by atoms with Gasteiger partial charge >= 0.3 is 0 Å². The van der Waals surface area contributed by atoms with Gasteiger partial charge in [-0.3, -0.25) is 9.36 Å². The fourth-order valence-electron chi connectivity index (χ4n) is 3.38. The standard InChI is InChI=1S/C20H19N5OS2/c1-13-23-24-20(25(13)14-7-3-2-4-8-14)27-12-18(26)22-19-16(11-21)15-9-5-6-10-17(15)28-19/h2-4,7-8H,5-6,9-10,12H2,1H3,(H,22,26). The van der Waals surface area contributed by atoms with Crippen LogP contribution in [-0.2, 0) is 17.6 Å². The number of aryl methyl sites for hydroxylation is 2. The summed E-state index contributed by atoms with van der Waals surface area (Å²) in [6.45, 7) is 1.89. The third-order valence-corrected chi connectivity index (χ3v) is 6.81. The Morgan fingerprint density at radius 2 is 2.07 bits per heavy atom. The van der Waals surface area contributed by atoms with E-state index in [1.165, 1.54) is 16.6 Å². The van der Waals surface area contributed by atoms with Crippen molar-refractivity contribution in [1.82, 2.24) is 14.8 Å². The van der Waals surface area contributed by atoms with E-state index in [0.717, 1.165) is 42.8 Å². The number of amides is 1. The molecule has 0 saturated heterocycles. The van der Waals surface area contributed by atoms with E-state index in [4.69, 9.17) is 0 Å². The summed E-state index contributed by atoms with van der Waals surface area (Å²) < 4.78 is 1.93. The predicted molar refractivity (Wildman–Crippen MR) is 111 cm³/mol. The second-order valence-electron chi connectivity index (χ2n) is 6.56. The molecule has 4 rings (SSSR count). The summed E-state index contributed by atoms with van der Waals surface area (Å²) in [4.78, 5) is 13.8. The van der Waals surface area contributed by atoms with Gasteiger partial charge in [0.2, 0.25) is 5.91 Å². The highest BCUT2D eigenvalue weighted by atomic mass is 32.2. The van der Waals surface area contributed by atoms with Crippen molar-refractivity contribution in [2.75, 3.05) is 11.1 Å². The number of anilines is 1. The quantitative estimate of drug-likeness (QED) is 0.641. The summed E-state index contributed by atoms with van der Waals surface area (Å²) in [5.74, 6) is 0.838. The van der Waals surface area contributed by atoms with E-state index >= 15 is 0 Å². The van der Waals surface area contributed by atoms with Gasteiger partial charge in [-0.1, -0.05) is 30.0 Å². The first kappa shape index (κ1) is 18.7. The van der Waals surface area contributed by atoms with E-state index < -0.39 is 0 Å². The largest absolute Gasteiger partial charge is 0.316 e. The fraction of sp³-hybridized carbons (Fsp3) is 0.300. The molecule has 2 aromatic heterocycles. The van der Waals surface area contributed by atoms with Crippen molar-refractivity contribution in [3.63, 3.8) is 0 Å². The number of thiophene rings is 1. The number of benzene rings is 1. The van der Waals surface area contributed by atoms with E-state index in [0.29, 0.717) is 15.7 Å². The molecule has 8 heteroatoms. The number of nitrogens with one attached hydrogen (secondary N) is 1. The second kappa shape index (κ2) is 8.17. The molecule has 0 radical (unpaired) electrons. The minimum atomic E-state index is -0.139. The van der Waals surface area contributed by atoms with Gasteiger partial charge < -0.3 is 5.32 Å². The summed E-state index contributed by atoms with van der Waals surface area (Å²) in [5, 5.41) is 22.2. The Balaban J connectivity index is 1.47. The van der Waals surface area contributed by atoms with Crippen molar-refractivity contribution >= 4 is 34.0 Å². The predicted octanol–water partition coefficient (Wildman–Crippen LogP) is 4.12. The smallest absolute Gasteiger partial charge is 0.235 e. The first-order valence-corrected chi connectivity index (χ1v) is 10.9. The van der Waals surface area contributed by atoms with Crippen molar-refractivity contribution in [2.45, 2.75) is 37.8 Å². The minimum Gasteiger partial charge on any atom is -0.316 e. The van der Waals surface area contributed by atoms with Crippen LogP contribution in [0.15, 0.2) is 35.5 Å². The van der Waals surface area contributed by atoms with Crippen LogP contribution < -0.4 is 5.32 Å². The van der Waals surface area contributed by atoms with Crippen molar-refractivity contribution in [1.29, 1.82) is 5.26 Å². The molecule has 3 aromatic rings. The van der Waals surface area contributed by atoms with Gasteiger partial charge in [-0.25, -0.2) is 0 Å². The van der Waals surface area contributed by atoms with Crippen LogP contribution in [0.1, 0.15) is 34.7 Å². The zero-order valence-corrected chi connectivity index (χ0v) is 17.1. The third-order valence-electron chi connectivity index (χ3n) is 4.68. The maximum atomic E-state index is 12.5. The van der Waals surface area contributed by atoms with Crippen LogP contribution in [0.3, 0.4) is 0 Å². The van der Waals surface area contributed by atoms with E-state index in [9.17, 15) is 10.1 Å². The maximum Gasteiger partial charge on any atom is 0.235 e. The Morgan fingerprint density at radius 3 is 2.86 bits per heavy atom. The number of nitrogens with zero attached hydrogens (tertiary/aromatic N) is 4. The molecule has 1 aromatic carbocycles. The number of carbonyl (C=O) groups is 1. The number of hydrogen-bond acceptors (Lipinski definition) is 6. The molecule has 2 heterocycles.